The van der Waals surface area contributed by atoms with Crippen molar-refractivity contribution in [3.05, 3.63) is 11.6 Å². The summed E-state index contributed by atoms with van der Waals surface area (Å²) in [7, 11) is 0. The molecule has 0 spiro atoms. The molecule has 0 N–H and O–H groups in total. The Bertz CT molecular complexity index is 950. The van der Waals surface area contributed by atoms with E-state index in [0.717, 1.165) is 60.7 Å². The van der Waals surface area contributed by atoms with Crippen LogP contribution in [0.15, 0.2) is 11.6 Å². The standard InChI is InChI=1S/C45H80O2/c1-8-10-11-12-13-14-15-16-17-18-19-20-21-22-43(46)47-38-29-31-44(6)37(33-38)25-26-39-41-28-27-40(45(41,7)32-30-42(39)44)35(5)23-24-36(9-2)34(3)4/h25,34-36,38-42H,8-24,26-33H2,1-7H3/t35?,36?,38-,39?,40+,41?,42?,44-,45+/m0/s1. The molecule has 272 valence electrons. The van der Waals surface area contributed by atoms with Gasteiger partial charge in [-0.1, -0.05) is 150 Å². The second-order valence-corrected chi connectivity index (χ2v) is 18.3. The Balaban J connectivity index is 1.16. The number of unbranched alkanes of at least 4 members (excludes halogenated alkanes) is 12. The van der Waals surface area contributed by atoms with E-state index in [9.17, 15) is 4.79 Å². The minimum Gasteiger partial charge on any atom is -0.462 e. The lowest BCUT2D eigenvalue weighted by molar-refractivity contribution is -0.151. The van der Waals surface area contributed by atoms with E-state index in [1.165, 1.54) is 135 Å². The first-order valence-corrected chi connectivity index (χ1v) is 21.5. The van der Waals surface area contributed by atoms with Gasteiger partial charge >= 0.3 is 5.97 Å². The molecule has 0 amide bonds. The van der Waals surface area contributed by atoms with Crippen LogP contribution in [0, 0.1) is 52.3 Å². The normalized spacial score (nSPS) is 33.1. The zero-order valence-electron chi connectivity index (χ0n) is 32.7. The van der Waals surface area contributed by atoms with E-state index in [2.05, 4.69) is 54.5 Å². The summed E-state index contributed by atoms with van der Waals surface area (Å²) in [5.74, 6) is 6.18. The maximum absolute atomic E-state index is 12.8. The Labute approximate surface area is 293 Å². The smallest absolute Gasteiger partial charge is 0.306 e. The van der Waals surface area contributed by atoms with Crippen molar-refractivity contribution in [2.75, 3.05) is 0 Å². The topological polar surface area (TPSA) is 26.3 Å². The van der Waals surface area contributed by atoms with Crippen LogP contribution in [0.1, 0.15) is 209 Å². The van der Waals surface area contributed by atoms with E-state index in [1.54, 1.807) is 5.57 Å². The van der Waals surface area contributed by atoms with Gasteiger partial charge < -0.3 is 4.74 Å². The van der Waals surface area contributed by atoms with Crippen molar-refractivity contribution in [3.8, 4) is 0 Å². The fourth-order valence-electron chi connectivity index (χ4n) is 11.9. The van der Waals surface area contributed by atoms with Gasteiger partial charge in [-0.05, 0) is 110 Å². The third kappa shape index (κ3) is 10.1. The lowest BCUT2D eigenvalue weighted by atomic mass is 9.47. The van der Waals surface area contributed by atoms with Crippen LogP contribution in [0.2, 0.25) is 0 Å². The quantitative estimate of drug-likeness (QED) is 0.0700. The highest BCUT2D eigenvalue weighted by atomic mass is 16.5. The molecule has 4 aliphatic rings. The van der Waals surface area contributed by atoms with Crippen molar-refractivity contribution >= 4 is 5.97 Å². The molecular weight excluding hydrogens is 572 g/mol. The van der Waals surface area contributed by atoms with Crippen molar-refractivity contribution in [2.45, 2.75) is 215 Å². The van der Waals surface area contributed by atoms with Gasteiger partial charge in [-0.15, -0.1) is 0 Å². The lowest BCUT2D eigenvalue weighted by Gasteiger charge is -2.58. The summed E-state index contributed by atoms with van der Waals surface area (Å²) in [5.41, 5.74) is 2.52. The van der Waals surface area contributed by atoms with Gasteiger partial charge in [-0.25, -0.2) is 0 Å². The van der Waals surface area contributed by atoms with Crippen LogP contribution in [0.5, 0.6) is 0 Å². The number of carbonyl (C=O) groups is 1. The number of fused-ring (bicyclic) bond motifs is 5. The summed E-state index contributed by atoms with van der Waals surface area (Å²) >= 11 is 0. The largest absolute Gasteiger partial charge is 0.462 e. The van der Waals surface area contributed by atoms with E-state index in [4.69, 9.17) is 4.74 Å². The van der Waals surface area contributed by atoms with Gasteiger partial charge in [-0.2, -0.15) is 0 Å². The van der Waals surface area contributed by atoms with Gasteiger partial charge in [0.1, 0.15) is 6.10 Å². The van der Waals surface area contributed by atoms with Crippen LogP contribution >= 0.6 is 0 Å². The molecule has 0 saturated heterocycles. The van der Waals surface area contributed by atoms with E-state index in [0.29, 0.717) is 17.3 Å². The third-order valence-corrected chi connectivity index (χ3v) is 15.1. The van der Waals surface area contributed by atoms with E-state index in [-0.39, 0.29) is 12.1 Å². The maximum Gasteiger partial charge on any atom is 0.306 e. The van der Waals surface area contributed by atoms with Crippen LogP contribution in [0.4, 0.5) is 0 Å². The van der Waals surface area contributed by atoms with Crippen molar-refractivity contribution in [3.63, 3.8) is 0 Å². The second-order valence-electron chi connectivity index (χ2n) is 18.3. The minimum atomic E-state index is 0.0640. The van der Waals surface area contributed by atoms with E-state index < -0.39 is 0 Å². The molecule has 2 nitrogen and oxygen atoms in total. The molecule has 3 saturated carbocycles. The number of allylic oxidation sites excluding steroid dienone is 1. The molecule has 0 aromatic rings. The van der Waals surface area contributed by atoms with Gasteiger partial charge in [0, 0.05) is 12.8 Å². The van der Waals surface area contributed by atoms with Crippen molar-refractivity contribution in [1.82, 2.24) is 0 Å². The fourth-order valence-corrected chi connectivity index (χ4v) is 11.9. The summed E-state index contributed by atoms with van der Waals surface area (Å²) in [5, 5.41) is 0. The highest BCUT2D eigenvalue weighted by Crippen LogP contribution is 2.67. The van der Waals surface area contributed by atoms with Gasteiger partial charge in [-0.3, -0.25) is 4.79 Å². The number of ether oxygens (including phenoxy) is 1. The van der Waals surface area contributed by atoms with Gasteiger partial charge in [0.25, 0.3) is 0 Å². The number of carbonyl (C=O) groups excluding carboxylic acids is 1. The second kappa shape index (κ2) is 19.0. The average Bonchev–Trinajstić information content (AvgIpc) is 3.41. The number of esters is 1. The predicted molar refractivity (Wildman–Crippen MR) is 202 cm³/mol. The summed E-state index contributed by atoms with van der Waals surface area (Å²) in [6.07, 6.45) is 35.4. The zero-order chi connectivity index (χ0) is 33.9. The van der Waals surface area contributed by atoms with Crippen molar-refractivity contribution in [1.29, 1.82) is 0 Å². The summed E-state index contributed by atoms with van der Waals surface area (Å²) < 4.78 is 6.14. The summed E-state index contributed by atoms with van der Waals surface area (Å²) in [4.78, 5) is 12.8. The van der Waals surface area contributed by atoms with E-state index >= 15 is 0 Å². The monoisotopic (exact) mass is 653 g/mol. The maximum atomic E-state index is 12.8. The first-order valence-electron chi connectivity index (χ1n) is 21.5. The fraction of sp³-hybridized carbons (Fsp3) is 0.933. The Morgan fingerprint density at radius 3 is 2.04 bits per heavy atom. The molecule has 0 bridgehead atoms. The van der Waals surface area contributed by atoms with Crippen LogP contribution in [0.3, 0.4) is 0 Å². The number of rotatable bonds is 21. The molecule has 0 aliphatic heterocycles. The molecule has 0 aromatic heterocycles. The summed E-state index contributed by atoms with van der Waals surface area (Å²) in [6.45, 7) is 17.5. The van der Waals surface area contributed by atoms with Gasteiger partial charge in [0.15, 0.2) is 0 Å². The molecule has 47 heavy (non-hydrogen) atoms. The lowest BCUT2D eigenvalue weighted by Crippen LogP contribution is -2.51. The first-order chi connectivity index (χ1) is 22.6. The van der Waals surface area contributed by atoms with Crippen LogP contribution in [0.25, 0.3) is 0 Å². The minimum absolute atomic E-state index is 0.0640. The zero-order valence-corrected chi connectivity index (χ0v) is 32.7. The molecule has 0 aromatic carbocycles. The Morgan fingerprint density at radius 2 is 1.43 bits per heavy atom. The molecule has 0 heterocycles. The predicted octanol–water partition coefficient (Wildman–Crippen LogP) is 14.1. The highest BCUT2D eigenvalue weighted by molar-refractivity contribution is 5.69. The van der Waals surface area contributed by atoms with Crippen molar-refractivity contribution in [2.24, 2.45) is 52.3 Å². The average molecular weight is 653 g/mol. The summed E-state index contributed by atoms with van der Waals surface area (Å²) in [6, 6.07) is 0. The van der Waals surface area contributed by atoms with Crippen LogP contribution < -0.4 is 0 Å². The molecule has 3 fully saturated rings. The third-order valence-electron chi connectivity index (χ3n) is 15.1. The molecule has 5 unspecified atom stereocenters. The van der Waals surface area contributed by atoms with Crippen molar-refractivity contribution < 1.29 is 9.53 Å². The van der Waals surface area contributed by atoms with Gasteiger partial charge in [0.2, 0.25) is 0 Å². The Hall–Kier alpha value is -0.790. The molecule has 2 heteroatoms. The molecule has 0 radical (unpaired) electrons. The van der Waals surface area contributed by atoms with Gasteiger partial charge in [0.05, 0.1) is 0 Å². The molecule has 4 aliphatic carbocycles. The van der Waals surface area contributed by atoms with Crippen LogP contribution in [-0.2, 0) is 9.53 Å². The Morgan fingerprint density at radius 1 is 0.787 bits per heavy atom. The highest BCUT2D eigenvalue weighted by Gasteiger charge is 2.59. The molecular formula is C45H80O2. The molecule has 9 atom stereocenters. The first kappa shape index (κ1) is 39.0. The van der Waals surface area contributed by atoms with Crippen LogP contribution in [-0.4, -0.2) is 12.1 Å². The number of hydrogen-bond acceptors (Lipinski definition) is 2. The number of hydrogen-bond donors (Lipinski definition) is 0. The molecule has 4 rings (SSSR count). The Kier molecular flexibility index (Phi) is 15.8. The SMILES string of the molecule is CCCCCCCCCCCCCCCC(=O)O[C@H]1CC[C@@]2(C)C(=CCC3C2CC[C@@]2(C)C3CC[C@@H]2C(C)CCC(CC)C(C)C)C1. The van der Waals surface area contributed by atoms with E-state index in [1.807, 2.05) is 0 Å².